The van der Waals surface area contributed by atoms with Gasteiger partial charge in [-0.2, -0.15) is 0 Å². The van der Waals surface area contributed by atoms with Gasteiger partial charge >= 0.3 is 0 Å². The van der Waals surface area contributed by atoms with Crippen LogP contribution in [0.1, 0.15) is 38.8 Å². The maximum absolute atomic E-state index is 13.2. The van der Waals surface area contributed by atoms with Gasteiger partial charge in [-0.3, -0.25) is 0 Å². The average molecular weight is 239 g/mol. The van der Waals surface area contributed by atoms with Gasteiger partial charge in [-0.15, -0.1) is 0 Å². The van der Waals surface area contributed by atoms with Gasteiger partial charge in [0.05, 0.1) is 6.61 Å². The molecule has 2 nitrogen and oxygen atoms in total. The molecule has 2 atom stereocenters. The summed E-state index contributed by atoms with van der Waals surface area (Å²) in [6.07, 6.45) is 0.930. The molecular formula is C14H22FNO. The van der Waals surface area contributed by atoms with Crippen LogP contribution in [-0.4, -0.2) is 19.3 Å². The molecule has 0 bridgehead atoms. The molecule has 3 heteroatoms. The van der Waals surface area contributed by atoms with Crippen LogP contribution in [0.15, 0.2) is 24.3 Å². The molecule has 0 heterocycles. The number of hydrogen-bond acceptors (Lipinski definition) is 2. The van der Waals surface area contributed by atoms with Gasteiger partial charge in [0.1, 0.15) is 5.82 Å². The fourth-order valence-corrected chi connectivity index (χ4v) is 1.86. The Morgan fingerprint density at radius 2 is 2.12 bits per heavy atom. The van der Waals surface area contributed by atoms with Crippen LogP contribution >= 0.6 is 0 Å². The molecule has 17 heavy (non-hydrogen) atoms. The Bertz CT molecular complexity index is 330. The molecule has 0 aliphatic rings. The molecule has 0 fully saturated rings. The zero-order valence-corrected chi connectivity index (χ0v) is 10.9. The smallest absolute Gasteiger partial charge is 0.123 e. The first-order chi connectivity index (χ1) is 8.17. The third kappa shape index (κ3) is 4.84. The van der Waals surface area contributed by atoms with Gasteiger partial charge in [0.25, 0.3) is 0 Å². The summed E-state index contributed by atoms with van der Waals surface area (Å²) >= 11 is 0. The molecule has 0 aromatic heterocycles. The Labute approximate surface area is 103 Å². The first-order valence-corrected chi connectivity index (χ1v) is 6.26. The Morgan fingerprint density at radius 1 is 1.35 bits per heavy atom. The van der Waals surface area contributed by atoms with Gasteiger partial charge in [0.2, 0.25) is 0 Å². The van der Waals surface area contributed by atoms with Crippen LogP contribution < -0.4 is 5.32 Å². The molecule has 0 saturated carbocycles. The molecule has 2 unspecified atom stereocenters. The fourth-order valence-electron chi connectivity index (χ4n) is 1.86. The van der Waals surface area contributed by atoms with E-state index >= 15 is 0 Å². The van der Waals surface area contributed by atoms with Gasteiger partial charge in [-0.05, 0) is 38.0 Å². The molecule has 0 saturated heterocycles. The lowest BCUT2D eigenvalue weighted by Gasteiger charge is -2.22. The van der Waals surface area contributed by atoms with E-state index in [9.17, 15) is 4.39 Å². The van der Waals surface area contributed by atoms with Gasteiger partial charge in [-0.1, -0.05) is 19.1 Å². The molecule has 0 radical (unpaired) electrons. The second kappa shape index (κ2) is 7.41. The molecule has 1 rings (SSSR count). The highest BCUT2D eigenvalue weighted by Gasteiger charge is 2.12. The number of nitrogens with one attached hydrogen (secondary N) is 1. The SMILES string of the molecule is CCOCC(C)NC(CC)c1cccc(F)c1. The summed E-state index contributed by atoms with van der Waals surface area (Å²) in [7, 11) is 0. The van der Waals surface area contributed by atoms with E-state index in [0.717, 1.165) is 18.6 Å². The first-order valence-electron chi connectivity index (χ1n) is 6.26. The van der Waals surface area contributed by atoms with Crippen LogP contribution in [0.5, 0.6) is 0 Å². The van der Waals surface area contributed by atoms with Crippen LogP contribution in [0.2, 0.25) is 0 Å². The van der Waals surface area contributed by atoms with Crippen LogP contribution in [-0.2, 0) is 4.74 Å². The van der Waals surface area contributed by atoms with E-state index in [1.54, 1.807) is 12.1 Å². The van der Waals surface area contributed by atoms with Crippen molar-refractivity contribution in [2.75, 3.05) is 13.2 Å². The third-order valence-corrected chi connectivity index (χ3v) is 2.72. The Morgan fingerprint density at radius 3 is 2.71 bits per heavy atom. The highest BCUT2D eigenvalue weighted by molar-refractivity contribution is 5.20. The molecule has 1 aromatic carbocycles. The number of hydrogen-bond donors (Lipinski definition) is 1. The molecular weight excluding hydrogens is 217 g/mol. The molecule has 0 aliphatic heterocycles. The van der Waals surface area contributed by atoms with Crippen molar-refractivity contribution >= 4 is 0 Å². The van der Waals surface area contributed by atoms with Crippen molar-refractivity contribution in [1.29, 1.82) is 0 Å². The lowest BCUT2D eigenvalue weighted by molar-refractivity contribution is 0.123. The zero-order valence-electron chi connectivity index (χ0n) is 10.9. The van der Waals surface area contributed by atoms with E-state index in [1.165, 1.54) is 6.07 Å². The lowest BCUT2D eigenvalue weighted by atomic mass is 10.0. The maximum Gasteiger partial charge on any atom is 0.123 e. The summed E-state index contributed by atoms with van der Waals surface area (Å²) in [6, 6.07) is 7.22. The fraction of sp³-hybridized carbons (Fsp3) is 0.571. The maximum atomic E-state index is 13.2. The summed E-state index contributed by atoms with van der Waals surface area (Å²) in [5, 5.41) is 3.45. The largest absolute Gasteiger partial charge is 0.380 e. The van der Waals surface area contributed by atoms with E-state index in [1.807, 2.05) is 13.0 Å². The molecule has 0 amide bonds. The van der Waals surface area contributed by atoms with Crippen molar-refractivity contribution in [2.45, 2.75) is 39.3 Å². The quantitative estimate of drug-likeness (QED) is 0.788. The van der Waals surface area contributed by atoms with Gasteiger partial charge in [0, 0.05) is 18.7 Å². The standard InChI is InChI=1S/C14H22FNO/c1-4-14(16-11(3)10-17-5-2)12-7-6-8-13(15)9-12/h6-9,11,14,16H,4-5,10H2,1-3H3. The molecule has 0 spiro atoms. The molecule has 96 valence electrons. The first kappa shape index (κ1) is 14.1. The van der Waals surface area contributed by atoms with E-state index in [2.05, 4.69) is 19.2 Å². The number of rotatable bonds is 7. The minimum absolute atomic E-state index is 0.180. The number of halogens is 1. The summed E-state index contributed by atoms with van der Waals surface area (Å²) in [5.74, 6) is -0.180. The predicted molar refractivity (Wildman–Crippen MR) is 68.5 cm³/mol. The zero-order chi connectivity index (χ0) is 12.7. The highest BCUT2D eigenvalue weighted by atomic mass is 19.1. The summed E-state index contributed by atoms with van der Waals surface area (Å²) in [6.45, 7) is 7.56. The Hall–Kier alpha value is -0.930. The van der Waals surface area contributed by atoms with Gasteiger partial charge in [0.15, 0.2) is 0 Å². The molecule has 1 N–H and O–H groups in total. The van der Waals surface area contributed by atoms with Gasteiger partial charge < -0.3 is 10.1 Å². The van der Waals surface area contributed by atoms with Crippen molar-refractivity contribution < 1.29 is 9.13 Å². The molecule has 0 aliphatic carbocycles. The second-order valence-corrected chi connectivity index (χ2v) is 4.24. The van der Waals surface area contributed by atoms with Crippen molar-refractivity contribution in [3.63, 3.8) is 0 Å². The molecule has 1 aromatic rings. The average Bonchev–Trinajstić information content (AvgIpc) is 2.33. The van der Waals surface area contributed by atoms with Crippen molar-refractivity contribution in [1.82, 2.24) is 5.32 Å². The van der Waals surface area contributed by atoms with E-state index in [-0.39, 0.29) is 17.9 Å². The number of ether oxygens (including phenoxy) is 1. The Kier molecular flexibility index (Phi) is 6.16. The van der Waals surface area contributed by atoms with Crippen LogP contribution in [0.25, 0.3) is 0 Å². The van der Waals surface area contributed by atoms with E-state index in [0.29, 0.717) is 6.61 Å². The second-order valence-electron chi connectivity index (χ2n) is 4.24. The van der Waals surface area contributed by atoms with Crippen molar-refractivity contribution in [3.8, 4) is 0 Å². The highest BCUT2D eigenvalue weighted by Crippen LogP contribution is 2.18. The summed E-state index contributed by atoms with van der Waals surface area (Å²) in [5.41, 5.74) is 0.996. The van der Waals surface area contributed by atoms with E-state index < -0.39 is 0 Å². The number of benzene rings is 1. The van der Waals surface area contributed by atoms with Crippen molar-refractivity contribution in [3.05, 3.63) is 35.6 Å². The minimum atomic E-state index is -0.180. The van der Waals surface area contributed by atoms with Crippen LogP contribution in [0.4, 0.5) is 4.39 Å². The topological polar surface area (TPSA) is 21.3 Å². The monoisotopic (exact) mass is 239 g/mol. The normalized spacial score (nSPS) is 14.6. The van der Waals surface area contributed by atoms with Gasteiger partial charge in [-0.25, -0.2) is 4.39 Å². The van der Waals surface area contributed by atoms with Crippen LogP contribution in [0, 0.1) is 5.82 Å². The minimum Gasteiger partial charge on any atom is -0.380 e. The van der Waals surface area contributed by atoms with Crippen molar-refractivity contribution in [2.24, 2.45) is 0 Å². The predicted octanol–water partition coefficient (Wildman–Crippen LogP) is 3.29. The summed E-state index contributed by atoms with van der Waals surface area (Å²) < 4.78 is 18.5. The third-order valence-electron chi connectivity index (χ3n) is 2.72. The Balaban J connectivity index is 2.59. The lowest BCUT2D eigenvalue weighted by Crippen LogP contribution is -2.34. The summed E-state index contributed by atoms with van der Waals surface area (Å²) in [4.78, 5) is 0. The van der Waals surface area contributed by atoms with Crippen LogP contribution in [0.3, 0.4) is 0 Å². The van der Waals surface area contributed by atoms with E-state index in [4.69, 9.17) is 4.74 Å².